The quantitative estimate of drug-likeness (QED) is 0.709. The van der Waals surface area contributed by atoms with Crippen LogP contribution in [0.3, 0.4) is 0 Å². The first-order valence-corrected chi connectivity index (χ1v) is 11.8. The first-order chi connectivity index (χ1) is 14.5. The van der Waals surface area contributed by atoms with Crippen molar-refractivity contribution in [3.05, 3.63) is 58.3 Å². The molecule has 160 valence electrons. The minimum atomic E-state index is -0.426. The second kappa shape index (κ2) is 9.31. The number of piperidine rings is 1. The van der Waals surface area contributed by atoms with Crippen molar-refractivity contribution >= 4 is 23.2 Å². The van der Waals surface area contributed by atoms with Crippen LogP contribution in [0, 0.1) is 5.92 Å². The number of aliphatic hydroxyl groups is 1. The summed E-state index contributed by atoms with van der Waals surface area (Å²) in [6.07, 6.45) is 4.44. The monoisotopic (exact) mass is 426 g/mol. The van der Waals surface area contributed by atoms with Gasteiger partial charge in [0.2, 0.25) is 11.8 Å². The maximum absolute atomic E-state index is 12.9. The molecule has 5 nitrogen and oxygen atoms in total. The van der Waals surface area contributed by atoms with Gasteiger partial charge in [0.05, 0.1) is 6.10 Å². The van der Waals surface area contributed by atoms with Gasteiger partial charge in [-0.25, -0.2) is 0 Å². The van der Waals surface area contributed by atoms with Crippen LogP contribution < -0.4 is 5.32 Å². The standard InChI is InChI=1S/C24H30N2O3S/c27-21-8-12-24(25-21,17-18-5-2-1-3-6-18)13-9-22(28)26-14-10-19(11-15-26)23(29)20-7-4-16-30-20/h1-7,16,19,23,29H,8-15,17H2,(H,25,27). The molecule has 2 aromatic rings. The van der Waals surface area contributed by atoms with Gasteiger partial charge in [0.15, 0.2) is 0 Å². The molecule has 2 aliphatic heterocycles. The highest BCUT2D eigenvalue weighted by molar-refractivity contribution is 7.10. The van der Waals surface area contributed by atoms with Crippen LogP contribution in [0.2, 0.25) is 0 Å². The Bertz CT molecular complexity index is 847. The van der Waals surface area contributed by atoms with Gasteiger partial charge in [0, 0.05) is 36.3 Å². The molecule has 1 aromatic heterocycles. The van der Waals surface area contributed by atoms with Crippen LogP contribution in [-0.4, -0.2) is 40.4 Å². The minimum Gasteiger partial charge on any atom is -0.387 e. The van der Waals surface area contributed by atoms with E-state index in [-0.39, 0.29) is 23.3 Å². The van der Waals surface area contributed by atoms with E-state index in [1.807, 2.05) is 40.6 Å². The number of aliphatic hydroxyl groups excluding tert-OH is 1. The zero-order chi connectivity index (χ0) is 21.0. The van der Waals surface area contributed by atoms with Crippen molar-refractivity contribution in [1.82, 2.24) is 10.2 Å². The van der Waals surface area contributed by atoms with E-state index in [1.165, 1.54) is 5.56 Å². The fourth-order valence-corrected chi connectivity index (χ4v) is 5.63. The third kappa shape index (κ3) is 4.93. The number of nitrogens with zero attached hydrogens (tertiary/aromatic N) is 1. The molecule has 6 heteroatoms. The van der Waals surface area contributed by atoms with Crippen molar-refractivity contribution in [1.29, 1.82) is 0 Å². The summed E-state index contributed by atoms with van der Waals surface area (Å²) in [5.74, 6) is 0.459. The van der Waals surface area contributed by atoms with Crippen molar-refractivity contribution < 1.29 is 14.7 Å². The predicted octanol–water partition coefficient (Wildman–Crippen LogP) is 3.69. The van der Waals surface area contributed by atoms with E-state index in [9.17, 15) is 14.7 Å². The molecule has 0 radical (unpaired) electrons. The lowest BCUT2D eigenvalue weighted by molar-refractivity contribution is -0.133. The Labute approximate surface area is 182 Å². The summed E-state index contributed by atoms with van der Waals surface area (Å²) < 4.78 is 0. The summed E-state index contributed by atoms with van der Waals surface area (Å²) in [5, 5.41) is 15.7. The van der Waals surface area contributed by atoms with E-state index in [0.29, 0.717) is 32.4 Å². The minimum absolute atomic E-state index is 0.0850. The number of thiophene rings is 1. The molecule has 2 amide bonds. The van der Waals surface area contributed by atoms with Crippen molar-refractivity contribution in [2.45, 2.75) is 56.6 Å². The van der Waals surface area contributed by atoms with Crippen LogP contribution in [0.25, 0.3) is 0 Å². The van der Waals surface area contributed by atoms with Crippen LogP contribution in [0.4, 0.5) is 0 Å². The maximum Gasteiger partial charge on any atom is 0.222 e. The molecule has 0 spiro atoms. The number of carbonyl (C=O) groups is 2. The summed E-state index contributed by atoms with van der Waals surface area (Å²) in [5.41, 5.74) is 0.873. The lowest BCUT2D eigenvalue weighted by Crippen LogP contribution is -2.45. The van der Waals surface area contributed by atoms with Gasteiger partial charge in [-0.15, -0.1) is 11.3 Å². The van der Waals surface area contributed by atoms with E-state index in [1.54, 1.807) is 11.3 Å². The van der Waals surface area contributed by atoms with Gasteiger partial charge < -0.3 is 15.3 Å². The Morgan fingerprint density at radius 3 is 2.60 bits per heavy atom. The zero-order valence-electron chi connectivity index (χ0n) is 17.3. The third-order valence-corrected chi connectivity index (χ3v) is 7.55. The maximum atomic E-state index is 12.9. The molecule has 0 bridgehead atoms. The lowest BCUT2D eigenvalue weighted by atomic mass is 9.84. The number of hydrogen-bond donors (Lipinski definition) is 2. The molecule has 4 rings (SSSR count). The summed E-state index contributed by atoms with van der Waals surface area (Å²) >= 11 is 1.59. The summed E-state index contributed by atoms with van der Waals surface area (Å²) in [4.78, 5) is 27.8. The largest absolute Gasteiger partial charge is 0.387 e. The van der Waals surface area contributed by atoms with E-state index in [0.717, 1.165) is 30.6 Å². The van der Waals surface area contributed by atoms with Gasteiger partial charge in [-0.2, -0.15) is 0 Å². The third-order valence-electron chi connectivity index (χ3n) is 6.61. The number of hydrogen-bond acceptors (Lipinski definition) is 4. The van der Waals surface area contributed by atoms with Crippen LogP contribution in [0.15, 0.2) is 47.8 Å². The Morgan fingerprint density at radius 1 is 1.20 bits per heavy atom. The van der Waals surface area contributed by atoms with Gasteiger partial charge in [-0.3, -0.25) is 9.59 Å². The van der Waals surface area contributed by atoms with E-state index >= 15 is 0 Å². The first kappa shape index (κ1) is 21.1. The lowest BCUT2D eigenvalue weighted by Gasteiger charge is -2.35. The number of amides is 2. The predicted molar refractivity (Wildman–Crippen MR) is 118 cm³/mol. The Kier molecular flexibility index (Phi) is 6.54. The summed E-state index contributed by atoms with van der Waals surface area (Å²) in [6.45, 7) is 1.40. The van der Waals surface area contributed by atoms with E-state index in [2.05, 4.69) is 17.4 Å². The normalized spacial score (nSPS) is 23.4. The van der Waals surface area contributed by atoms with E-state index in [4.69, 9.17) is 0 Å². The molecule has 30 heavy (non-hydrogen) atoms. The molecule has 0 saturated carbocycles. The molecular weight excluding hydrogens is 396 g/mol. The number of benzene rings is 1. The molecular formula is C24H30N2O3S. The average molecular weight is 427 g/mol. The number of nitrogens with one attached hydrogen (secondary N) is 1. The molecule has 2 unspecified atom stereocenters. The smallest absolute Gasteiger partial charge is 0.222 e. The Hall–Kier alpha value is -2.18. The molecule has 2 atom stereocenters. The average Bonchev–Trinajstić information content (AvgIpc) is 3.43. The molecule has 2 aliphatic rings. The fourth-order valence-electron chi connectivity index (χ4n) is 4.83. The van der Waals surface area contributed by atoms with Crippen LogP contribution >= 0.6 is 11.3 Å². The van der Waals surface area contributed by atoms with Crippen molar-refractivity contribution in [2.75, 3.05) is 13.1 Å². The zero-order valence-corrected chi connectivity index (χ0v) is 18.1. The topological polar surface area (TPSA) is 69.6 Å². The van der Waals surface area contributed by atoms with Gasteiger partial charge in [-0.05, 0) is 55.0 Å². The van der Waals surface area contributed by atoms with Crippen LogP contribution in [0.1, 0.15) is 55.1 Å². The highest BCUT2D eigenvalue weighted by Gasteiger charge is 2.38. The van der Waals surface area contributed by atoms with Crippen molar-refractivity contribution in [2.24, 2.45) is 5.92 Å². The summed E-state index contributed by atoms with van der Waals surface area (Å²) in [7, 11) is 0. The number of rotatable bonds is 7. The van der Waals surface area contributed by atoms with E-state index < -0.39 is 6.10 Å². The van der Waals surface area contributed by atoms with Gasteiger partial charge >= 0.3 is 0 Å². The SMILES string of the molecule is O=C1CCC(CCC(=O)N2CCC(C(O)c3cccs3)CC2)(Cc2ccccc2)N1. The second-order valence-electron chi connectivity index (χ2n) is 8.67. The number of likely N-dealkylation sites (tertiary alicyclic amines) is 1. The van der Waals surface area contributed by atoms with Crippen molar-refractivity contribution in [3.63, 3.8) is 0 Å². The van der Waals surface area contributed by atoms with Gasteiger partial charge in [-0.1, -0.05) is 36.4 Å². The molecule has 2 saturated heterocycles. The van der Waals surface area contributed by atoms with Gasteiger partial charge in [0.1, 0.15) is 0 Å². The highest BCUT2D eigenvalue weighted by atomic mass is 32.1. The molecule has 0 aliphatic carbocycles. The van der Waals surface area contributed by atoms with Crippen molar-refractivity contribution in [3.8, 4) is 0 Å². The summed E-state index contributed by atoms with van der Waals surface area (Å²) in [6, 6.07) is 14.1. The first-order valence-electron chi connectivity index (χ1n) is 10.9. The molecule has 2 N–H and O–H groups in total. The molecule has 2 fully saturated rings. The highest BCUT2D eigenvalue weighted by Crippen LogP contribution is 2.34. The van der Waals surface area contributed by atoms with Gasteiger partial charge in [0.25, 0.3) is 0 Å². The Morgan fingerprint density at radius 2 is 1.97 bits per heavy atom. The second-order valence-corrected chi connectivity index (χ2v) is 9.65. The molecule has 3 heterocycles. The van der Waals surface area contributed by atoms with Crippen LogP contribution in [0.5, 0.6) is 0 Å². The molecule has 1 aromatic carbocycles. The number of carbonyl (C=O) groups excluding carboxylic acids is 2. The van der Waals surface area contributed by atoms with Crippen LogP contribution in [-0.2, 0) is 16.0 Å². The Balaban J connectivity index is 1.30. The fraction of sp³-hybridized carbons (Fsp3) is 0.500.